The summed E-state index contributed by atoms with van der Waals surface area (Å²) in [6, 6.07) is 7.32. The monoisotopic (exact) mass is 402 g/mol. The van der Waals surface area contributed by atoms with Gasteiger partial charge in [0.15, 0.2) is 10.5 Å². The first kappa shape index (κ1) is 20.2. The Morgan fingerprint density at radius 1 is 1.18 bits per heavy atom. The summed E-state index contributed by atoms with van der Waals surface area (Å²) >= 11 is -1.39. The van der Waals surface area contributed by atoms with Gasteiger partial charge in [0, 0.05) is 6.07 Å². The Bertz CT molecular complexity index is 1070. The number of hydrogen-bond donors (Lipinski definition) is 1. The molecule has 0 radical (unpaired) electrons. The van der Waals surface area contributed by atoms with Crippen molar-refractivity contribution in [3.63, 3.8) is 0 Å². The molecule has 1 atom stereocenters. The smallest absolute Gasteiger partial charge is 0.335 e. The van der Waals surface area contributed by atoms with Crippen LogP contribution in [0.5, 0.6) is 5.75 Å². The minimum absolute atomic E-state index is 0.00164. The average Bonchev–Trinajstić information content (AvgIpc) is 2.67. The first-order chi connectivity index (χ1) is 13.4. The Kier molecular flexibility index (Phi) is 6.26. The Morgan fingerprint density at radius 3 is 2.64 bits per heavy atom. The van der Waals surface area contributed by atoms with E-state index in [9.17, 15) is 19.2 Å². The summed E-state index contributed by atoms with van der Waals surface area (Å²) in [7, 11) is 0. The van der Waals surface area contributed by atoms with Gasteiger partial charge in [-0.3, -0.25) is 4.79 Å². The Morgan fingerprint density at radius 2 is 1.96 bits per heavy atom. The molecule has 2 aromatic carbocycles. The molecule has 0 bridgehead atoms. The molecule has 28 heavy (non-hydrogen) atoms. The van der Waals surface area contributed by atoms with E-state index in [-0.39, 0.29) is 32.9 Å². The van der Waals surface area contributed by atoms with Crippen LogP contribution in [0.25, 0.3) is 21.9 Å². The van der Waals surface area contributed by atoms with Crippen molar-refractivity contribution >= 4 is 39.1 Å². The maximum absolute atomic E-state index is 13.0. The van der Waals surface area contributed by atoms with E-state index in [1.54, 1.807) is 12.1 Å². The highest BCUT2D eigenvalue weighted by molar-refractivity contribution is 7.91. The molecule has 0 saturated heterocycles. The second kappa shape index (κ2) is 8.67. The number of rotatable bonds is 8. The molecule has 0 fully saturated rings. The van der Waals surface area contributed by atoms with Crippen LogP contribution in [0.1, 0.15) is 43.0 Å². The Labute approximate surface area is 165 Å². The van der Waals surface area contributed by atoms with Crippen LogP contribution in [-0.4, -0.2) is 28.5 Å². The van der Waals surface area contributed by atoms with Crippen LogP contribution in [0, 0.1) is 0 Å². The van der Waals surface area contributed by atoms with Crippen molar-refractivity contribution < 1.29 is 23.6 Å². The van der Waals surface area contributed by atoms with E-state index < -0.39 is 17.1 Å². The molecule has 1 aromatic heterocycles. The number of carboxylic acids is 1. The van der Waals surface area contributed by atoms with Crippen LogP contribution in [0.2, 0.25) is 0 Å². The number of benzene rings is 2. The van der Waals surface area contributed by atoms with Gasteiger partial charge in [0.1, 0.15) is 17.6 Å². The van der Waals surface area contributed by atoms with Crippen molar-refractivity contribution in [3.8, 4) is 5.75 Å². The molecular weight excluding hydrogens is 380 g/mol. The summed E-state index contributed by atoms with van der Waals surface area (Å²) in [5.41, 5.74) is 0.117. The molecule has 0 aliphatic heterocycles. The quantitative estimate of drug-likeness (QED) is 0.342. The van der Waals surface area contributed by atoms with Gasteiger partial charge >= 0.3 is 5.97 Å². The van der Waals surface area contributed by atoms with Gasteiger partial charge in [-0.05, 0) is 41.9 Å². The fourth-order valence-electron chi connectivity index (χ4n) is 3.05. The zero-order valence-corrected chi connectivity index (χ0v) is 16.6. The van der Waals surface area contributed by atoms with Crippen molar-refractivity contribution in [1.29, 1.82) is 0 Å². The van der Waals surface area contributed by atoms with Gasteiger partial charge in [-0.25, -0.2) is 4.79 Å². The summed E-state index contributed by atoms with van der Waals surface area (Å²) in [5, 5.41) is 9.57. The number of carboxylic acid groups (broad SMARTS) is 1. The van der Waals surface area contributed by atoms with E-state index in [0.717, 1.165) is 25.7 Å². The number of aromatic carboxylic acids is 1. The van der Waals surface area contributed by atoms with Crippen molar-refractivity contribution in [1.82, 2.24) is 0 Å². The molecule has 1 unspecified atom stereocenters. The van der Waals surface area contributed by atoms with Crippen LogP contribution in [-0.2, 0) is 11.2 Å². The topological polar surface area (TPSA) is 99.8 Å². The Balaban J connectivity index is 2.10. The predicted molar refractivity (Wildman–Crippen MR) is 109 cm³/mol. The summed E-state index contributed by atoms with van der Waals surface area (Å²) in [5.74, 6) is -0.670. The van der Waals surface area contributed by atoms with Gasteiger partial charge in [-0.2, -0.15) is 0 Å². The molecule has 148 valence electrons. The van der Waals surface area contributed by atoms with Crippen molar-refractivity contribution in [2.24, 2.45) is 0 Å². The zero-order valence-electron chi connectivity index (χ0n) is 15.8. The highest BCUT2D eigenvalue weighted by Gasteiger charge is 2.20. The summed E-state index contributed by atoms with van der Waals surface area (Å²) < 4.78 is 23.8. The SMILES string of the molecule is CCCCCCOc1cc([S+](C)[O-])c2oc3ccc(C(=O)O)cc3c(=O)c2c1. The fourth-order valence-corrected chi connectivity index (χ4v) is 3.75. The van der Waals surface area contributed by atoms with Gasteiger partial charge in [-0.15, -0.1) is 0 Å². The van der Waals surface area contributed by atoms with E-state index in [4.69, 9.17) is 9.15 Å². The number of unbranched alkanes of at least 4 members (excludes halogenated alkanes) is 3. The molecule has 1 N–H and O–H groups in total. The predicted octanol–water partition coefficient (Wildman–Crippen LogP) is 4.34. The molecule has 3 aromatic rings. The first-order valence-corrected chi connectivity index (χ1v) is 10.7. The standard InChI is InChI=1S/C21H22O6S/c1-3-4-5-6-9-26-14-11-16-19(22)15-10-13(21(23)24)7-8-17(15)27-20(16)18(12-14)28(2)25/h7-8,10-12H,3-6,9H2,1-2H3,(H,23,24). The molecule has 7 heteroatoms. The first-order valence-electron chi connectivity index (χ1n) is 9.16. The molecule has 0 aliphatic carbocycles. The highest BCUT2D eigenvalue weighted by Crippen LogP contribution is 2.30. The van der Waals surface area contributed by atoms with E-state index in [2.05, 4.69) is 6.92 Å². The lowest BCUT2D eigenvalue weighted by Crippen LogP contribution is -2.08. The van der Waals surface area contributed by atoms with Crippen LogP contribution in [0.4, 0.5) is 0 Å². The molecule has 0 saturated carbocycles. The van der Waals surface area contributed by atoms with Crippen molar-refractivity contribution in [3.05, 3.63) is 46.1 Å². The number of hydrogen-bond acceptors (Lipinski definition) is 5. The third kappa shape index (κ3) is 4.15. The normalized spacial score (nSPS) is 12.4. The average molecular weight is 402 g/mol. The Hall–Kier alpha value is -2.51. The summed E-state index contributed by atoms with van der Waals surface area (Å²) in [4.78, 5) is 24.6. The molecule has 0 amide bonds. The van der Waals surface area contributed by atoms with Gasteiger partial charge in [0.25, 0.3) is 0 Å². The number of carbonyl (C=O) groups is 1. The minimum Gasteiger partial charge on any atom is -0.612 e. The lowest BCUT2D eigenvalue weighted by atomic mass is 10.1. The van der Waals surface area contributed by atoms with Crippen LogP contribution in [0.3, 0.4) is 0 Å². The number of fused-ring (bicyclic) bond motifs is 2. The molecule has 0 aliphatic rings. The van der Waals surface area contributed by atoms with E-state index in [0.29, 0.717) is 17.3 Å². The summed E-state index contributed by atoms with van der Waals surface area (Å²) in [6.07, 6.45) is 5.72. The second-order valence-electron chi connectivity index (χ2n) is 6.61. The van der Waals surface area contributed by atoms with Gasteiger partial charge in [0.2, 0.25) is 5.43 Å². The van der Waals surface area contributed by atoms with Crippen LogP contribution in [0.15, 0.2) is 44.4 Å². The highest BCUT2D eigenvalue weighted by atomic mass is 32.2. The third-order valence-corrected chi connectivity index (χ3v) is 5.46. The minimum atomic E-state index is -1.39. The van der Waals surface area contributed by atoms with Crippen LogP contribution >= 0.6 is 0 Å². The lowest BCUT2D eigenvalue weighted by Gasteiger charge is -2.12. The maximum atomic E-state index is 13.0. The third-order valence-electron chi connectivity index (χ3n) is 4.53. The lowest BCUT2D eigenvalue weighted by molar-refractivity contribution is 0.0697. The van der Waals surface area contributed by atoms with Gasteiger partial charge in [0.05, 0.1) is 22.9 Å². The molecular formula is C21H22O6S. The van der Waals surface area contributed by atoms with E-state index >= 15 is 0 Å². The van der Waals surface area contributed by atoms with Crippen LogP contribution < -0.4 is 10.2 Å². The maximum Gasteiger partial charge on any atom is 0.335 e. The largest absolute Gasteiger partial charge is 0.612 e. The molecule has 0 spiro atoms. The zero-order chi connectivity index (χ0) is 20.3. The van der Waals surface area contributed by atoms with Gasteiger partial charge in [-0.1, -0.05) is 26.2 Å². The van der Waals surface area contributed by atoms with E-state index in [1.807, 2.05) is 0 Å². The molecule has 3 rings (SSSR count). The van der Waals surface area contributed by atoms with Crippen molar-refractivity contribution in [2.45, 2.75) is 37.5 Å². The fraction of sp³-hybridized carbons (Fsp3) is 0.333. The molecule has 1 heterocycles. The van der Waals surface area contributed by atoms with Gasteiger partial charge < -0.3 is 18.8 Å². The summed E-state index contributed by atoms with van der Waals surface area (Å²) in [6.45, 7) is 2.63. The van der Waals surface area contributed by atoms with E-state index in [1.165, 1.54) is 24.5 Å². The van der Waals surface area contributed by atoms with Crippen molar-refractivity contribution in [2.75, 3.05) is 12.9 Å². The number of ether oxygens (including phenoxy) is 1. The second-order valence-corrected chi connectivity index (χ2v) is 7.96. The molecule has 6 nitrogen and oxygen atoms in total.